The zero-order valence-corrected chi connectivity index (χ0v) is 10.2. The van der Waals surface area contributed by atoms with Gasteiger partial charge in [-0.1, -0.05) is 0 Å². The van der Waals surface area contributed by atoms with E-state index >= 15 is 0 Å². The minimum Gasteiger partial charge on any atom is -0.379 e. The van der Waals surface area contributed by atoms with E-state index in [4.69, 9.17) is 4.74 Å². The zero-order valence-electron chi connectivity index (χ0n) is 9.43. The number of sulfonamides is 1. The topological polar surface area (TPSA) is 49.9 Å². The zero-order chi connectivity index (χ0) is 11.3. The Balaban J connectivity index is 2.17. The van der Waals surface area contributed by atoms with Crippen LogP contribution in [0.4, 0.5) is 0 Å². The highest BCUT2D eigenvalue weighted by Gasteiger charge is 2.60. The van der Waals surface area contributed by atoms with Crippen LogP contribution in [-0.2, 0) is 14.8 Å². The number of nitrogens with zero attached hydrogens (tertiary/aromatic N) is 2. The number of morpholine rings is 1. The molecule has 2 aliphatic heterocycles. The first-order valence-corrected chi connectivity index (χ1v) is 6.62. The fraction of sp³-hybridized carbons (Fsp3) is 1.00. The van der Waals surface area contributed by atoms with Crippen molar-refractivity contribution in [1.82, 2.24) is 9.21 Å². The van der Waals surface area contributed by atoms with Crippen molar-refractivity contribution < 1.29 is 13.2 Å². The van der Waals surface area contributed by atoms with Crippen LogP contribution in [0.3, 0.4) is 0 Å². The van der Waals surface area contributed by atoms with Crippen molar-refractivity contribution in [2.45, 2.75) is 24.8 Å². The van der Waals surface area contributed by atoms with Crippen molar-refractivity contribution in [3.63, 3.8) is 0 Å². The largest absolute Gasteiger partial charge is 0.379 e. The Labute approximate surface area is 91.0 Å². The Morgan fingerprint density at radius 3 is 2.27 bits per heavy atom. The molecule has 6 heteroatoms. The Hall–Kier alpha value is -0.170. The number of rotatable bonds is 1. The van der Waals surface area contributed by atoms with E-state index < -0.39 is 14.8 Å². The highest BCUT2D eigenvalue weighted by molar-refractivity contribution is 7.91. The smallest absolute Gasteiger partial charge is 0.223 e. The lowest BCUT2D eigenvalue weighted by atomic mass is 10.1. The maximum Gasteiger partial charge on any atom is 0.223 e. The molecule has 15 heavy (non-hydrogen) atoms. The lowest BCUT2D eigenvalue weighted by Crippen LogP contribution is -2.75. The van der Waals surface area contributed by atoms with Crippen molar-refractivity contribution in [3.8, 4) is 0 Å². The molecule has 0 bridgehead atoms. The first-order chi connectivity index (χ1) is 6.89. The predicted octanol–water partition coefficient (Wildman–Crippen LogP) is -0.301. The van der Waals surface area contributed by atoms with Gasteiger partial charge in [-0.2, -0.15) is 4.31 Å². The second-order valence-electron chi connectivity index (χ2n) is 4.65. The summed E-state index contributed by atoms with van der Waals surface area (Å²) < 4.78 is 29.7. The fourth-order valence-corrected chi connectivity index (χ4v) is 4.33. The Kier molecular flexibility index (Phi) is 2.57. The second kappa shape index (κ2) is 3.41. The molecule has 0 N–H and O–H groups in total. The summed E-state index contributed by atoms with van der Waals surface area (Å²) in [5.74, 6) is 0. The minimum absolute atomic E-state index is 0.00796. The molecule has 0 aromatic rings. The number of hydrogen-bond acceptors (Lipinski definition) is 4. The van der Waals surface area contributed by atoms with E-state index in [1.807, 2.05) is 0 Å². The summed E-state index contributed by atoms with van der Waals surface area (Å²) in [6.07, 6.45) is -0.00796. The molecule has 2 aliphatic rings. The summed E-state index contributed by atoms with van der Waals surface area (Å²) in [5, 5.41) is 0. The van der Waals surface area contributed by atoms with Crippen LogP contribution in [0.15, 0.2) is 0 Å². The van der Waals surface area contributed by atoms with Crippen molar-refractivity contribution in [1.29, 1.82) is 0 Å². The van der Waals surface area contributed by atoms with Gasteiger partial charge in [0.2, 0.25) is 10.0 Å². The van der Waals surface area contributed by atoms with Gasteiger partial charge in [0.25, 0.3) is 0 Å². The third kappa shape index (κ3) is 1.43. The Bertz CT molecular complexity index is 346. The molecule has 0 aromatic carbocycles. The van der Waals surface area contributed by atoms with Crippen LogP contribution in [0, 0.1) is 0 Å². The number of hydrogen-bond donors (Lipinski definition) is 0. The summed E-state index contributed by atoms with van der Waals surface area (Å²) >= 11 is 0. The quantitative estimate of drug-likeness (QED) is 0.625. The van der Waals surface area contributed by atoms with Gasteiger partial charge >= 0.3 is 0 Å². The van der Waals surface area contributed by atoms with Crippen LogP contribution in [0.2, 0.25) is 0 Å². The highest BCUT2D eigenvalue weighted by Crippen LogP contribution is 2.40. The van der Waals surface area contributed by atoms with Crippen molar-refractivity contribution >= 4 is 10.0 Å². The number of ether oxygens (including phenoxy) is 1. The average Bonchev–Trinajstić information content (AvgIpc) is 2.19. The Morgan fingerprint density at radius 1 is 1.27 bits per heavy atom. The molecule has 1 unspecified atom stereocenters. The standard InChI is InChI=1S/C9H18N2O3S/c1-9(2)8(10(3)15(9,12)13)11-4-6-14-7-5-11/h8H,4-7H2,1-3H3. The average molecular weight is 234 g/mol. The second-order valence-corrected chi connectivity index (χ2v) is 7.23. The van der Waals surface area contributed by atoms with Crippen LogP contribution < -0.4 is 0 Å². The molecule has 2 fully saturated rings. The summed E-state index contributed by atoms with van der Waals surface area (Å²) in [4.78, 5) is 2.19. The molecular weight excluding hydrogens is 216 g/mol. The summed E-state index contributed by atoms with van der Waals surface area (Å²) in [6, 6.07) is 0. The fourth-order valence-electron chi connectivity index (χ4n) is 2.52. The highest BCUT2D eigenvalue weighted by atomic mass is 32.2. The molecule has 0 aliphatic carbocycles. The van der Waals surface area contributed by atoms with Crippen LogP contribution in [0.1, 0.15) is 13.8 Å². The molecule has 1 atom stereocenters. The van der Waals surface area contributed by atoms with Crippen molar-refractivity contribution in [3.05, 3.63) is 0 Å². The van der Waals surface area contributed by atoms with E-state index in [-0.39, 0.29) is 6.17 Å². The van der Waals surface area contributed by atoms with Gasteiger partial charge in [0.1, 0.15) is 4.75 Å². The van der Waals surface area contributed by atoms with Crippen LogP contribution in [-0.4, -0.2) is 61.9 Å². The minimum atomic E-state index is -3.09. The van der Waals surface area contributed by atoms with Crippen LogP contribution >= 0.6 is 0 Å². The van der Waals surface area contributed by atoms with Crippen LogP contribution in [0.25, 0.3) is 0 Å². The normalized spacial score (nSPS) is 36.1. The molecule has 88 valence electrons. The molecule has 0 aromatic heterocycles. The van der Waals surface area contributed by atoms with Gasteiger partial charge < -0.3 is 4.74 Å². The van der Waals surface area contributed by atoms with E-state index in [2.05, 4.69) is 4.90 Å². The SMILES string of the molecule is CN1C(N2CCOCC2)C(C)(C)S1(=O)=O. The molecule has 0 amide bonds. The molecule has 0 radical (unpaired) electrons. The predicted molar refractivity (Wildman–Crippen MR) is 56.9 cm³/mol. The summed E-state index contributed by atoms with van der Waals surface area (Å²) in [5.41, 5.74) is 0. The van der Waals surface area contributed by atoms with Gasteiger partial charge in [-0.25, -0.2) is 8.42 Å². The lowest BCUT2D eigenvalue weighted by molar-refractivity contribution is -0.0329. The van der Waals surface area contributed by atoms with E-state index in [0.717, 1.165) is 13.1 Å². The molecule has 2 rings (SSSR count). The third-order valence-electron chi connectivity index (χ3n) is 3.40. The first-order valence-electron chi connectivity index (χ1n) is 5.18. The van der Waals surface area contributed by atoms with E-state index in [1.54, 1.807) is 20.9 Å². The van der Waals surface area contributed by atoms with Gasteiger partial charge in [0.05, 0.1) is 19.4 Å². The summed E-state index contributed by atoms with van der Waals surface area (Å²) in [6.45, 7) is 6.60. The molecular formula is C9H18N2O3S. The molecule has 0 saturated carbocycles. The molecule has 0 spiro atoms. The maximum absolute atomic E-state index is 11.8. The van der Waals surface area contributed by atoms with Gasteiger partial charge in [0.15, 0.2) is 0 Å². The molecule has 5 nitrogen and oxygen atoms in total. The molecule has 2 saturated heterocycles. The van der Waals surface area contributed by atoms with Gasteiger partial charge in [0, 0.05) is 20.1 Å². The van der Waals surface area contributed by atoms with Gasteiger partial charge in [-0.05, 0) is 13.8 Å². The first kappa shape index (κ1) is 11.3. The lowest BCUT2D eigenvalue weighted by Gasteiger charge is -2.55. The van der Waals surface area contributed by atoms with Gasteiger partial charge in [-0.15, -0.1) is 0 Å². The van der Waals surface area contributed by atoms with E-state index in [0.29, 0.717) is 13.2 Å². The third-order valence-corrected chi connectivity index (χ3v) is 5.90. The summed E-state index contributed by atoms with van der Waals surface area (Å²) in [7, 11) is -1.43. The maximum atomic E-state index is 11.8. The monoisotopic (exact) mass is 234 g/mol. The van der Waals surface area contributed by atoms with Crippen molar-refractivity contribution in [2.24, 2.45) is 0 Å². The Morgan fingerprint density at radius 2 is 1.80 bits per heavy atom. The van der Waals surface area contributed by atoms with E-state index in [1.165, 1.54) is 4.31 Å². The molecule has 2 heterocycles. The van der Waals surface area contributed by atoms with E-state index in [9.17, 15) is 8.42 Å². The van der Waals surface area contributed by atoms with Crippen LogP contribution in [0.5, 0.6) is 0 Å². The van der Waals surface area contributed by atoms with Gasteiger partial charge in [-0.3, -0.25) is 4.90 Å². The van der Waals surface area contributed by atoms with Crippen molar-refractivity contribution in [2.75, 3.05) is 33.4 Å².